The van der Waals surface area contributed by atoms with Gasteiger partial charge in [0.05, 0.1) is 11.6 Å². The first-order valence-corrected chi connectivity index (χ1v) is 7.54. The predicted molar refractivity (Wildman–Crippen MR) is 89.3 cm³/mol. The number of aromatic nitrogens is 2. The third-order valence-corrected chi connectivity index (χ3v) is 4.64. The van der Waals surface area contributed by atoms with E-state index in [4.69, 9.17) is 0 Å². The van der Waals surface area contributed by atoms with Crippen LogP contribution >= 0.6 is 11.3 Å². The maximum Gasteiger partial charge on any atom is 0.158 e. The topological polar surface area (TPSA) is 50.2 Å². The zero-order valence-electron chi connectivity index (χ0n) is 12.2. The van der Waals surface area contributed by atoms with Gasteiger partial charge in [0, 0.05) is 4.88 Å². The van der Waals surface area contributed by atoms with Crippen molar-refractivity contribution in [3.63, 3.8) is 0 Å². The molecular weight excluding hydrogens is 280 g/mol. The Morgan fingerprint density at radius 1 is 1.14 bits per heavy atom. The first kappa shape index (κ1) is 13.7. The van der Waals surface area contributed by atoms with Crippen LogP contribution in [0.2, 0.25) is 0 Å². The van der Waals surface area contributed by atoms with E-state index in [9.17, 15) is 0 Å². The van der Waals surface area contributed by atoms with E-state index >= 15 is 0 Å². The van der Waals surface area contributed by atoms with Crippen LogP contribution in [0.4, 0.5) is 5.82 Å². The summed E-state index contributed by atoms with van der Waals surface area (Å²) in [6.45, 7) is 6.26. The molecule has 106 valence electrons. The van der Waals surface area contributed by atoms with Gasteiger partial charge in [0.15, 0.2) is 5.82 Å². The molecule has 1 N–H and O–H groups in total. The van der Waals surface area contributed by atoms with Crippen molar-refractivity contribution in [2.45, 2.75) is 20.8 Å². The lowest BCUT2D eigenvalue weighted by Crippen LogP contribution is -1.96. The van der Waals surface area contributed by atoms with Gasteiger partial charge in [0.1, 0.15) is 11.2 Å². The highest BCUT2D eigenvalue weighted by Gasteiger charge is 2.11. The van der Waals surface area contributed by atoms with Gasteiger partial charge in [0.25, 0.3) is 0 Å². The summed E-state index contributed by atoms with van der Waals surface area (Å²) in [5.41, 5.74) is 6.54. The molecular formula is C16H16N4S. The molecule has 0 unspecified atom stereocenters. The van der Waals surface area contributed by atoms with E-state index in [0.29, 0.717) is 0 Å². The van der Waals surface area contributed by atoms with Gasteiger partial charge in [-0.2, -0.15) is 5.10 Å². The Hall–Kier alpha value is -2.27. The van der Waals surface area contributed by atoms with Gasteiger partial charge in [-0.05, 0) is 37.5 Å². The Labute approximate surface area is 127 Å². The summed E-state index contributed by atoms with van der Waals surface area (Å²) in [6, 6.07) is 8.13. The second-order valence-corrected chi connectivity index (χ2v) is 6.12. The number of hydrazone groups is 1. The molecule has 2 heterocycles. The average molecular weight is 296 g/mol. The van der Waals surface area contributed by atoms with E-state index in [2.05, 4.69) is 47.3 Å². The predicted octanol–water partition coefficient (Wildman–Crippen LogP) is 4.06. The smallest absolute Gasteiger partial charge is 0.158 e. The van der Waals surface area contributed by atoms with Crippen LogP contribution in [0.5, 0.6) is 0 Å². The van der Waals surface area contributed by atoms with Gasteiger partial charge in [-0.15, -0.1) is 11.3 Å². The van der Waals surface area contributed by atoms with Crippen LogP contribution in [0.25, 0.3) is 10.2 Å². The minimum absolute atomic E-state index is 0.756. The van der Waals surface area contributed by atoms with Crippen molar-refractivity contribution >= 4 is 33.6 Å². The highest BCUT2D eigenvalue weighted by Crippen LogP contribution is 2.32. The third-order valence-electron chi connectivity index (χ3n) is 3.53. The first-order valence-electron chi connectivity index (χ1n) is 6.72. The quantitative estimate of drug-likeness (QED) is 0.585. The fourth-order valence-electron chi connectivity index (χ4n) is 2.16. The fourth-order valence-corrected chi connectivity index (χ4v) is 3.16. The van der Waals surface area contributed by atoms with E-state index in [1.54, 1.807) is 17.7 Å². The van der Waals surface area contributed by atoms with Crippen LogP contribution in [-0.2, 0) is 0 Å². The number of aryl methyl sites for hydroxylation is 3. The lowest BCUT2D eigenvalue weighted by molar-refractivity contribution is 1.19. The zero-order chi connectivity index (χ0) is 14.8. The second-order valence-electron chi connectivity index (χ2n) is 4.91. The molecule has 3 rings (SSSR count). The summed E-state index contributed by atoms with van der Waals surface area (Å²) in [5, 5.41) is 5.37. The van der Waals surface area contributed by atoms with Crippen molar-refractivity contribution in [1.29, 1.82) is 0 Å². The number of nitrogens with zero attached hydrogens (tertiary/aromatic N) is 3. The molecule has 5 heteroatoms. The van der Waals surface area contributed by atoms with Gasteiger partial charge in [0.2, 0.25) is 0 Å². The summed E-state index contributed by atoms with van der Waals surface area (Å²) in [6.07, 6.45) is 3.39. The summed E-state index contributed by atoms with van der Waals surface area (Å²) in [4.78, 5) is 10.9. The number of fused-ring (bicyclic) bond motifs is 1. The van der Waals surface area contributed by atoms with Crippen LogP contribution in [0, 0.1) is 20.8 Å². The van der Waals surface area contributed by atoms with Crippen molar-refractivity contribution in [2.24, 2.45) is 5.10 Å². The highest BCUT2D eigenvalue weighted by atomic mass is 32.1. The van der Waals surface area contributed by atoms with Gasteiger partial charge in [-0.3, -0.25) is 5.43 Å². The minimum Gasteiger partial charge on any atom is -0.261 e. The van der Waals surface area contributed by atoms with Crippen LogP contribution in [0.1, 0.15) is 21.6 Å². The molecule has 1 aromatic carbocycles. The van der Waals surface area contributed by atoms with Gasteiger partial charge in [-0.1, -0.05) is 24.3 Å². The number of hydrogen-bond donors (Lipinski definition) is 1. The lowest BCUT2D eigenvalue weighted by Gasteiger charge is -2.02. The van der Waals surface area contributed by atoms with Crippen molar-refractivity contribution in [1.82, 2.24) is 9.97 Å². The molecule has 3 aromatic rings. The second kappa shape index (κ2) is 5.61. The molecule has 0 aliphatic heterocycles. The number of anilines is 1. The summed E-state index contributed by atoms with van der Waals surface area (Å²) in [5.74, 6) is 0.756. The standard InChI is InChI=1S/C16H16N4S/c1-10-6-4-5-7-13(10)8-19-20-15-14-11(2)12(3)21-16(14)18-9-17-15/h4-9H,1-3H3,(H,17,18,20)/b19-8-. The van der Waals surface area contributed by atoms with Gasteiger partial charge in [-0.25, -0.2) is 9.97 Å². The lowest BCUT2D eigenvalue weighted by atomic mass is 10.1. The van der Waals surface area contributed by atoms with E-state index in [1.165, 1.54) is 16.0 Å². The van der Waals surface area contributed by atoms with Crippen LogP contribution in [0.3, 0.4) is 0 Å². The molecule has 0 fully saturated rings. The van der Waals surface area contributed by atoms with Crippen molar-refractivity contribution in [3.05, 3.63) is 52.2 Å². The molecule has 2 aromatic heterocycles. The number of rotatable bonds is 3. The molecule has 0 amide bonds. The molecule has 0 bridgehead atoms. The van der Waals surface area contributed by atoms with Gasteiger partial charge < -0.3 is 0 Å². The first-order chi connectivity index (χ1) is 10.2. The monoisotopic (exact) mass is 296 g/mol. The fraction of sp³-hybridized carbons (Fsp3) is 0.188. The zero-order valence-corrected chi connectivity index (χ0v) is 13.0. The largest absolute Gasteiger partial charge is 0.261 e. The van der Waals surface area contributed by atoms with Crippen molar-refractivity contribution in [2.75, 3.05) is 5.43 Å². The molecule has 0 atom stereocenters. The van der Waals surface area contributed by atoms with Crippen LogP contribution in [-0.4, -0.2) is 16.2 Å². The summed E-state index contributed by atoms with van der Waals surface area (Å²) >= 11 is 1.68. The van der Waals surface area contributed by atoms with Crippen molar-refractivity contribution in [3.8, 4) is 0 Å². The van der Waals surface area contributed by atoms with E-state index in [0.717, 1.165) is 21.6 Å². The van der Waals surface area contributed by atoms with E-state index < -0.39 is 0 Å². The highest BCUT2D eigenvalue weighted by molar-refractivity contribution is 7.18. The maximum atomic E-state index is 4.32. The SMILES string of the molecule is Cc1ccccc1/C=N\Nc1ncnc2sc(C)c(C)c12. The molecule has 0 saturated carbocycles. The number of nitrogens with one attached hydrogen (secondary N) is 1. The number of hydrogen-bond acceptors (Lipinski definition) is 5. The van der Waals surface area contributed by atoms with Crippen LogP contribution in [0.15, 0.2) is 35.7 Å². The Kier molecular flexibility index (Phi) is 3.66. The summed E-state index contributed by atoms with van der Waals surface area (Å²) < 4.78 is 0. The van der Waals surface area contributed by atoms with Gasteiger partial charge >= 0.3 is 0 Å². The average Bonchev–Trinajstić information content (AvgIpc) is 2.77. The van der Waals surface area contributed by atoms with E-state index in [-0.39, 0.29) is 0 Å². The molecule has 0 saturated heterocycles. The summed E-state index contributed by atoms with van der Waals surface area (Å²) in [7, 11) is 0. The van der Waals surface area contributed by atoms with Crippen molar-refractivity contribution < 1.29 is 0 Å². The number of thiophene rings is 1. The molecule has 4 nitrogen and oxygen atoms in total. The maximum absolute atomic E-state index is 4.32. The molecule has 0 aliphatic carbocycles. The Morgan fingerprint density at radius 2 is 1.95 bits per heavy atom. The third kappa shape index (κ3) is 2.64. The normalized spacial score (nSPS) is 11.4. The Bertz CT molecular complexity index is 820. The minimum atomic E-state index is 0.756. The van der Waals surface area contributed by atoms with E-state index in [1.807, 2.05) is 24.4 Å². The number of benzene rings is 1. The molecule has 0 radical (unpaired) electrons. The Balaban J connectivity index is 1.91. The van der Waals surface area contributed by atoms with Crippen LogP contribution < -0.4 is 5.43 Å². The Morgan fingerprint density at radius 3 is 2.76 bits per heavy atom. The molecule has 0 spiro atoms. The molecule has 0 aliphatic rings. The molecule has 21 heavy (non-hydrogen) atoms.